The molecule has 0 saturated carbocycles. The van der Waals surface area contributed by atoms with Gasteiger partial charge in [-0.1, -0.05) is 0 Å². The third-order valence-electron chi connectivity index (χ3n) is 3.29. The first-order valence-electron chi connectivity index (χ1n) is 6.14. The molecule has 3 rings (SSSR count). The van der Waals surface area contributed by atoms with Crippen molar-refractivity contribution >= 4 is 11.4 Å². The van der Waals surface area contributed by atoms with Gasteiger partial charge in [0.25, 0.3) is 11.4 Å². The molecule has 0 unspecified atom stereocenters. The van der Waals surface area contributed by atoms with Crippen LogP contribution in [0.2, 0.25) is 0 Å². The highest BCUT2D eigenvalue weighted by molar-refractivity contribution is 5.70. The average Bonchev–Trinajstić information content (AvgIpc) is 2.90. The lowest BCUT2D eigenvalue weighted by molar-refractivity contribution is -0.394. The van der Waals surface area contributed by atoms with Crippen LogP contribution in [0.15, 0.2) is 18.2 Å². The quantitative estimate of drug-likeness (QED) is 0.680. The van der Waals surface area contributed by atoms with E-state index >= 15 is 0 Å². The summed E-state index contributed by atoms with van der Waals surface area (Å²) in [6.45, 7) is 0.904. The zero-order chi connectivity index (χ0) is 15.0. The zero-order valence-corrected chi connectivity index (χ0v) is 10.7. The molecule has 0 amide bonds. The Morgan fingerprint density at radius 1 is 1.14 bits per heavy atom. The first-order chi connectivity index (χ1) is 10.1. The Labute approximate surface area is 117 Å². The SMILES string of the molecule is O=[N+]([O-])c1cc(-c2n[nH]c3c2COCC3)cc([N+](=O)[O-])c1. The number of nitrogens with zero attached hydrogens (tertiary/aromatic N) is 3. The van der Waals surface area contributed by atoms with Crippen LogP contribution in [0.4, 0.5) is 11.4 Å². The molecule has 0 radical (unpaired) electrons. The molecule has 0 atom stereocenters. The van der Waals surface area contributed by atoms with E-state index in [9.17, 15) is 20.2 Å². The number of non-ortho nitro benzene ring substituents is 2. The number of ether oxygens (including phenoxy) is 1. The van der Waals surface area contributed by atoms with Crippen molar-refractivity contribution in [2.75, 3.05) is 6.61 Å². The van der Waals surface area contributed by atoms with Gasteiger partial charge in [0.15, 0.2) is 0 Å². The van der Waals surface area contributed by atoms with Gasteiger partial charge in [0.1, 0.15) is 0 Å². The van der Waals surface area contributed by atoms with E-state index < -0.39 is 9.85 Å². The molecule has 1 aliphatic rings. The molecule has 1 aromatic heterocycles. The lowest BCUT2D eigenvalue weighted by atomic mass is 10.0. The summed E-state index contributed by atoms with van der Waals surface area (Å²) in [5.41, 5.74) is 1.79. The van der Waals surface area contributed by atoms with Crippen molar-refractivity contribution in [2.24, 2.45) is 0 Å². The van der Waals surface area contributed by atoms with Crippen LogP contribution in [0, 0.1) is 20.2 Å². The Balaban J connectivity index is 2.15. The Kier molecular flexibility index (Phi) is 3.10. The lowest BCUT2D eigenvalue weighted by Crippen LogP contribution is -2.09. The smallest absolute Gasteiger partial charge is 0.276 e. The normalized spacial score (nSPS) is 13.7. The Hall–Kier alpha value is -2.81. The van der Waals surface area contributed by atoms with Gasteiger partial charge in [0.05, 0.1) is 34.8 Å². The summed E-state index contributed by atoms with van der Waals surface area (Å²) in [6.07, 6.45) is 0.666. The highest BCUT2D eigenvalue weighted by atomic mass is 16.6. The van der Waals surface area contributed by atoms with Crippen LogP contribution in [-0.4, -0.2) is 26.7 Å². The van der Waals surface area contributed by atoms with Crippen molar-refractivity contribution in [2.45, 2.75) is 13.0 Å². The average molecular weight is 290 g/mol. The van der Waals surface area contributed by atoms with E-state index in [0.29, 0.717) is 30.9 Å². The molecule has 9 nitrogen and oxygen atoms in total. The first-order valence-corrected chi connectivity index (χ1v) is 6.14. The van der Waals surface area contributed by atoms with E-state index in [2.05, 4.69) is 10.2 Å². The molecule has 1 aliphatic heterocycles. The highest BCUT2D eigenvalue weighted by Gasteiger charge is 2.23. The van der Waals surface area contributed by atoms with Gasteiger partial charge in [-0.05, 0) is 0 Å². The second kappa shape index (κ2) is 4.94. The van der Waals surface area contributed by atoms with Crippen LogP contribution in [-0.2, 0) is 17.8 Å². The number of fused-ring (bicyclic) bond motifs is 1. The van der Waals surface area contributed by atoms with Crippen molar-refractivity contribution in [1.82, 2.24) is 10.2 Å². The molecule has 2 aromatic rings. The van der Waals surface area contributed by atoms with E-state index in [0.717, 1.165) is 17.3 Å². The number of nitro benzene ring substituents is 2. The number of nitrogens with one attached hydrogen (secondary N) is 1. The summed E-state index contributed by atoms with van der Waals surface area (Å²) in [5.74, 6) is 0. The van der Waals surface area contributed by atoms with Gasteiger partial charge in [0.2, 0.25) is 0 Å². The van der Waals surface area contributed by atoms with Crippen molar-refractivity contribution in [3.05, 3.63) is 49.7 Å². The molecule has 1 aromatic carbocycles. The molecule has 1 N–H and O–H groups in total. The summed E-state index contributed by atoms with van der Waals surface area (Å²) >= 11 is 0. The maximum atomic E-state index is 10.9. The van der Waals surface area contributed by atoms with Crippen LogP contribution < -0.4 is 0 Å². The van der Waals surface area contributed by atoms with Gasteiger partial charge in [0, 0.05) is 35.4 Å². The Bertz CT molecular complexity index is 707. The van der Waals surface area contributed by atoms with E-state index in [1.807, 2.05) is 0 Å². The Morgan fingerprint density at radius 2 is 1.81 bits per heavy atom. The topological polar surface area (TPSA) is 124 Å². The number of hydrogen-bond donors (Lipinski definition) is 1. The standard InChI is InChI=1S/C12H10N4O5/c17-15(18)8-3-7(4-9(5-8)16(19)20)12-10-6-21-2-1-11(10)13-14-12/h3-5H,1-2,6H2,(H,13,14). The van der Waals surface area contributed by atoms with Gasteiger partial charge < -0.3 is 4.74 Å². The van der Waals surface area contributed by atoms with Crippen molar-refractivity contribution in [3.8, 4) is 11.3 Å². The summed E-state index contributed by atoms with van der Waals surface area (Å²) in [4.78, 5) is 20.5. The number of benzene rings is 1. The predicted molar refractivity (Wildman–Crippen MR) is 70.7 cm³/mol. The first kappa shape index (κ1) is 13.2. The van der Waals surface area contributed by atoms with Crippen LogP contribution in [0.3, 0.4) is 0 Å². The molecular formula is C12H10N4O5. The number of aromatic nitrogens is 2. The molecule has 0 spiro atoms. The van der Waals surface area contributed by atoms with Gasteiger partial charge in [-0.25, -0.2) is 0 Å². The van der Waals surface area contributed by atoms with Gasteiger partial charge in [-0.15, -0.1) is 0 Å². The summed E-state index contributed by atoms with van der Waals surface area (Å²) in [6, 6.07) is 3.48. The number of nitro groups is 2. The van der Waals surface area contributed by atoms with E-state index in [1.54, 1.807) is 0 Å². The van der Waals surface area contributed by atoms with Gasteiger partial charge in [-0.2, -0.15) is 5.10 Å². The second-order valence-corrected chi connectivity index (χ2v) is 4.58. The third-order valence-corrected chi connectivity index (χ3v) is 3.29. The number of aromatic amines is 1. The van der Waals surface area contributed by atoms with Crippen molar-refractivity contribution < 1.29 is 14.6 Å². The van der Waals surface area contributed by atoms with Crippen LogP contribution in [0.1, 0.15) is 11.3 Å². The number of H-pyrrole nitrogens is 1. The molecule has 2 heterocycles. The maximum Gasteiger partial charge on any atom is 0.276 e. The fourth-order valence-corrected chi connectivity index (χ4v) is 2.29. The maximum absolute atomic E-state index is 10.9. The minimum absolute atomic E-state index is 0.331. The fraction of sp³-hybridized carbons (Fsp3) is 0.250. The molecule has 9 heteroatoms. The van der Waals surface area contributed by atoms with Gasteiger partial charge in [-0.3, -0.25) is 25.3 Å². The Morgan fingerprint density at radius 3 is 2.43 bits per heavy atom. The minimum atomic E-state index is -0.661. The highest BCUT2D eigenvalue weighted by Crippen LogP contribution is 2.32. The fourth-order valence-electron chi connectivity index (χ4n) is 2.29. The molecule has 0 saturated heterocycles. The van der Waals surface area contributed by atoms with Crippen molar-refractivity contribution in [3.63, 3.8) is 0 Å². The van der Waals surface area contributed by atoms with Crippen molar-refractivity contribution in [1.29, 1.82) is 0 Å². The number of hydrogen-bond acceptors (Lipinski definition) is 6. The molecule has 0 aliphatic carbocycles. The van der Waals surface area contributed by atoms with Gasteiger partial charge >= 0.3 is 0 Å². The lowest BCUT2D eigenvalue weighted by Gasteiger charge is -2.12. The summed E-state index contributed by atoms with van der Waals surface area (Å²) in [5, 5.41) is 28.8. The predicted octanol–water partition coefficient (Wildman–Crippen LogP) is 1.97. The third kappa shape index (κ3) is 2.34. The molecular weight excluding hydrogens is 280 g/mol. The van der Waals surface area contributed by atoms with Crippen LogP contribution in [0.5, 0.6) is 0 Å². The molecule has 0 bridgehead atoms. The second-order valence-electron chi connectivity index (χ2n) is 4.58. The summed E-state index contributed by atoms with van der Waals surface area (Å²) < 4.78 is 5.34. The zero-order valence-electron chi connectivity index (χ0n) is 10.7. The monoisotopic (exact) mass is 290 g/mol. The van der Waals surface area contributed by atoms with Crippen LogP contribution in [0.25, 0.3) is 11.3 Å². The summed E-state index contributed by atoms with van der Waals surface area (Å²) in [7, 11) is 0. The molecule has 21 heavy (non-hydrogen) atoms. The van der Waals surface area contributed by atoms with E-state index in [-0.39, 0.29) is 11.4 Å². The van der Waals surface area contributed by atoms with E-state index in [4.69, 9.17) is 4.74 Å². The minimum Gasteiger partial charge on any atom is -0.376 e. The molecule has 0 fully saturated rings. The number of rotatable bonds is 3. The van der Waals surface area contributed by atoms with Crippen LogP contribution >= 0.6 is 0 Å². The molecule has 108 valence electrons. The van der Waals surface area contributed by atoms with E-state index in [1.165, 1.54) is 12.1 Å². The largest absolute Gasteiger partial charge is 0.376 e.